The van der Waals surface area contributed by atoms with E-state index >= 15 is 0 Å². The molecule has 0 bridgehead atoms. The fraction of sp³-hybridized carbons (Fsp3) is 0.591. The number of para-hydroxylation sites is 2. The van der Waals surface area contributed by atoms with Gasteiger partial charge in [-0.1, -0.05) is 39.8 Å². The van der Waals surface area contributed by atoms with Crippen molar-refractivity contribution in [2.75, 3.05) is 18.5 Å². The van der Waals surface area contributed by atoms with Crippen LogP contribution in [0.1, 0.15) is 51.0 Å². The lowest BCUT2D eigenvalue weighted by Gasteiger charge is -2.45. The molecule has 1 fully saturated rings. The third-order valence-electron chi connectivity index (χ3n) is 5.96. The molecule has 1 saturated heterocycles. The van der Waals surface area contributed by atoms with Gasteiger partial charge in [0.15, 0.2) is 5.60 Å². The Bertz CT molecular complexity index is 956. The zero-order valence-corrected chi connectivity index (χ0v) is 17.9. The molecule has 3 amide bonds. The molecule has 0 aromatic heterocycles. The van der Waals surface area contributed by atoms with E-state index in [1.165, 1.54) is 0 Å². The van der Waals surface area contributed by atoms with Gasteiger partial charge in [-0.25, -0.2) is 4.79 Å². The van der Waals surface area contributed by atoms with Crippen molar-refractivity contribution < 1.29 is 32.7 Å². The number of nitrogens with two attached hydrogens (primary N) is 1. The lowest BCUT2D eigenvalue weighted by molar-refractivity contribution is -0.158. The van der Waals surface area contributed by atoms with Gasteiger partial charge >= 0.3 is 6.09 Å². The SMILES string of the molecule is [2H]C([2H])([2H])C[C@@](OC(N)=O)(C(=O)N[C@@H]1C(=O)Nc2ccccc2OC12CCOCC2)C(C)(C)C. The van der Waals surface area contributed by atoms with Crippen LogP contribution in [-0.4, -0.2) is 48.4 Å². The molecule has 9 nitrogen and oxygen atoms in total. The summed E-state index contributed by atoms with van der Waals surface area (Å²) < 4.78 is 40.4. The molecule has 0 aliphatic carbocycles. The highest BCUT2D eigenvalue weighted by Crippen LogP contribution is 2.40. The highest BCUT2D eigenvalue weighted by Gasteiger charge is 2.55. The van der Waals surface area contributed by atoms with Crippen molar-refractivity contribution in [3.05, 3.63) is 24.3 Å². The van der Waals surface area contributed by atoms with Crippen LogP contribution >= 0.6 is 0 Å². The minimum absolute atomic E-state index is 0.290. The molecule has 3 rings (SSSR count). The zero-order valence-electron chi connectivity index (χ0n) is 20.9. The van der Waals surface area contributed by atoms with Gasteiger partial charge < -0.3 is 30.6 Å². The highest BCUT2D eigenvalue weighted by atomic mass is 16.6. The summed E-state index contributed by atoms with van der Waals surface area (Å²) in [6.07, 6.45) is -1.52. The number of rotatable bonds is 4. The molecule has 0 unspecified atom stereocenters. The molecule has 2 aliphatic rings. The van der Waals surface area contributed by atoms with Gasteiger partial charge in [-0.2, -0.15) is 0 Å². The lowest BCUT2D eigenvalue weighted by atomic mass is 9.73. The number of ether oxygens (including phenoxy) is 3. The van der Waals surface area contributed by atoms with E-state index in [2.05, 4.69) is 10.6 Å². The summed E-state index contributed by atoms with van der Waals surface area (Å²) in [7, 11) is 0. The Morgan fingerprint density at radius 3 is 2.61 bits per heavy atom. The summed E-state index contributed by atoms with van der Waals surface area (Å²) in [5, 5.41) is 5.43. The first-order chi connectivity index (χ1) is 15.7. The molecule has 0 radical (unpaired) electrons. The number of fused-ring (bicyclic) bond motifs is 1. The summed E-state index contributed by atoms with van der Waals surface area (Å²) >= 11 is 0. The Morgan fingerprint density at radius 2 is 2.00 bits per heavy atom. The van der Waals surface area contributed by atoms with Crippen molar-refractivity contribution >= 4 is 23.6 Å². The Balaban J connectivity index is 2.06. The number of hydrogen-bond acceptors (Lipinski definition) is 6. The van der Waals surface area contributed by atoms with Gasteiger partial charge in [-0.05, 0) is 18.6 Å². The van der Waals surface area contributed by atoms with Crippen LogP contribution in [0.5, 0.6) is 5.75 Å². The van der Waals surface area contributed by atoms with Gasteiger partial charge in [-0.15, -0.1) is 0 Å². The van der Waals surface area contributed by atoms with Crippen LogP contribution < -0.4 is 21.1 Å². The maximum atomic E-state index is 13.8. The molecule has 1 spiro atoms. The monoisotopic (exact) mass is 436 g/mol. The average Bonchev–Trinajstić information content (AvgIpc) is 2.80. The van der Waals surface area contributed by atoms with Crippen LogP contribution in [0.4, 0.5) is 10.5 Å². The number of amides is 3. The van der Waals surface area contributed by atoms with E-state index in [4.69, 9.17) is 24.1 Å². The molecular formula is C22H31N3O6. The number of carbonyl (C=O) groups excluding carboxylic acids is 3. The van der Waals surface area contributed by atoms with Gasteiger partial charge in [0.05, 0.1) is 18.9 Å². The summed E-state index contributed by atoms with van der Waals surface area (Å²) in [5.41, 5.74) is 1.17. The maximum absolute atomic E-state index is 13.8. The number of nitrogens with one attached hydrogen (secondary N) is 2. The predicted octanol–water partition coefficient (Wildman–Crippen LogP) is 2.34. The predicted molar refractivity (Wildman–Crippen MR) is 114 cm³/mol. The van der Waals surface area contributed by atoms with Crippen molar-refractivity contribution in [1.29, 1.82) is 0 Å². The first-order valence-electron chi connectivity index (χ1n) is 11.7. The lowest BCUT2D eigenvalue weighted by Crippen LogP contribution is -2.67. The standard InChI is InChI=1S/C22H31N3O6/c1-5-22(20(2,3)4,31-19(23)28)18(27)25-16-17(26)24-14-8-6-7-9-15(14)30-21(16)10-12-29-13-11-21/h6-9,16H,5,10-13H2,1-4H3,(H2,23,28)(H,24,26)(H,25,27)/t16-,22-/m1/s1/i1D3. The van der Waals surface area contributed by atoms with E-state index < -0.39 is 53.8 Å². The molecular weight excluding hydrogens is 402 g/mol. The zero-order chi connectivity index (χ0) is 25.4. The maximum Gasteiger partial charge on any atom is 0.405 e. The molecule has 4 N–H and O–H groups in total. The molecule has 0 saturated carbocycles. The van der Waals surface area contributed by atoms with Gasteiger partial charge in [0, 0.05) is 22.4 Å². The van der Waals surface area contributed by atoms with Crippen molar-refractivity contribution in [1.82, 2.24) is 5.32 Å². The second-order valence-electron chi connectivity index (χ2n) is 8.85. The fourth-order valence-electron chi connectivity index (χ4n) is 4.03. The smallest absolute Gasteiger partial charge is 0.405 e. The van der Waals surface area contributed by atoms with Crippen molar-refractivity contribution in [2.45, 2.75) is 64.1 Å². The largest absolute Gasteiger partial charge is 0.482 e. The second kappa shape index (κ2) is 8.37. The third-order valence-corrected chi connectivity index (χ3v) is 5.96. The van der Waals surface area contributed by atoms with Crippen LogP contribution in [0, 0.1) is 5.41 Å². The van der Waals surface area contributed by atoms with Crippen molar-refractivity contribution in [3.8, 4) is 5.75 Å². The molecule has 2 aliphatic heterocycles. The average molecular weight is 437 g/mol. The van der Waals surface area contributed by atoms with Crippen LogP contribution in [0.3, 0.4) is 0 Å². The second-order valence-corrected chi connectivity index (χ2v) is 8.85. The first kappa shape index (κ1) is 18.9. The molecule has 31 heavy (non-hydrogen) atoms. The molecule has 2 atom stereocenters. The van der Waals surface area contributed by atoms with E-state index in [-0.39, 0.29) is 12.8 Å². The van der Waals surface area contributed by atoms with Crippen molar-refractivity contribution in [3.63, 3.8) is 0 Å². The molecule has 9 heteroatoms. The van der Waals surface area contributed by atoms with Crippen LogP contribution in [-0.2, 0) is 19.1 Å². The Kier molecular flexibility index (Phi) is 5.11. The third kappa shape index (κ3) is 4.19. The number of hydrogen-bond donors (Lipinski definition) is 3. The summed E-state index contributed by atoms with van der Waals surface area (Å²) in [5.74, 6) is -1.06. The van der Waals surface area contributed by atoms with Gasteiger partial charge in [-0.3, -0.25) is 9.59 Å². The van der Waals surface area contributed by atoms with Gasteiger partial charge in [0.1, 0.15) is 17.4 Å². The minimum atomic E-state index is -2.64. The fourth-order valence-corrected chi connectivity index (χ4v) is 4.03. The number of carbonyl (C=O) groups is 3. The Hall–Kier alpha value is -2.81. The molecule has 170 valence electrons. The van der Waals surface area contributed by atoms with E-state index in [1.807, 2.05) is 0 Å². The summed E-state index contributed by atoms with van der Waals surface area (Å²) in [6, 6.07) is 5.65. The van der Waals surface area contributed by atoms with E-state index in [0.29, 0.717) is 24.7 Å². The summed E-state index contributed by atoms with van der Waals surface area (Å²) in [4.78, 5) is 39.0. The Labute approximate surface area is 186 Å². The topological polar surface area (TPSA) is 129 Å². The van der Waals surface area contributed by atoms with E-state index in [1.54, 1.807) is 45.0 Å². The van der Waals surface area contributed by atoms with Gasteiger partial charge in [0.25, 0.3) is 11.8 Å². The van der Waals surface area contributed by atoms with E-state index in [9.17, 15) is 14.4 Å². The molecule has 1 aromatic rings. The highest BCUT2D eigenvalue weighted by molar-refractivity contribution is 6.01. The summed E-state index contributed by atoms with van der Waals surface area (Å²) in [6.45, 7) is 2.62. The first-order valence-corrected chi connectivity index (χ1v) is 10.2. The number of primary amides is 1. The van der Waals surface area contributed by atoms with Crippen LogP contribution in [0.25, 0.3) is 0 Å². The quantitative estimate of drug-likeness (QED) is 0.664. The van der Waals surface area contributed by atoms with E-state index in [0.717, 1.165) is 0 Å². The number of benzene rings is 1. The van der Waals surface area contributed by atoms with Crippen molar-refractivity contribution in [2.24, 2.45) is 11.1 Å². The van der Waals surface area contributed by atoms with Crippen LogP contribution in [0.2, 0.25) is 0 Å². The van der Waals surface area contributed by atoms with Crippen LogP contribution in [0.15, 0.2) is 24.3 Å². The molecule has 2 heterocycles. The normalized spacial score (nSPS) is 24.0. The van der Waals surface area contributed by atoms with Gasteiger partial charge in [0.2, 0.25) is 0 Å². The molecule has 1 aromatic carbocycles. The number of anilines is 1. The minimum Gasteiger partial charge on any atom is -0.482 e. The Morgan fingerprint density at radius 1 is 1.32 bits per heavy atom.